The van der Waals surface area contributed by atoms with Gasteiger partial charge in [0.15, 0.2) is 5.82 Å². The van der Waals surface area contributed by atoms with Crippen LogP contribution >= 0.6 is 0 Å². The van der Waals surface area contributed by atoms with Gasteiger partial charge in [-0.1, -0.05) is 11.2 Å². The standard InChI is InChI=1S/C20H16F3N3O3/c1-28-16-4-2-3-15(10-16)26-11-13(9-17(26)27)18-24-19(29-25-18)12-5-7-14(8-6-12)20(21,22)23/h2-8,10,13H,9,11H2,1H3. The molecular formula is C20H16F3N3O3. The zero-order chi connectivity index (χ0) is 20.6. The molecule has 1 fully saturated rings. The van der Waals surface area contributed by atoms with Crippen LogP contribution in [-0.4, -0.2) is 29.7 Å². The van der Waals surface area contributed by atoms with Crippen LogP contribution in [-0.2, 0) is 11.0 Å². The molecule has 0 aliphatic carbocycles. The number of amides is 1. The molecule has 1 saturated heterocycles. The van der Waals surface area contributed by atoms with Crippen LogP contribution in [0.5, 0.6) is 5.75 Å². The number of hydrogen-bond donors (Lipinski definition) is 0. The van der Waals surface area contributed by atoms with Gasteiger partial charge < -0.3 is 14.2 Å². The second kappa shape index (κ2) is 7.23. The van der Waals surface area contributed by atoms with Gasteiger partial charge in [-0.05, 0) is 36.4 Å². The van der Waals surface area contributed by atoms with E-state index >= 15 is 0 Å². The molecule has 0 spiro atoms. The predicted octanol–water partition coefficient (Wildman–Crippen LogP) is 4.28. The number of rotatable bonds is 4. The van der Waals surface area contributed by atoms with Crippen molar-refractivity contribution in [1.29, 1.82) is 0 Å². The first kappa shape index (κ1) is 19.0. The van der Waals surface area contributed by atoms with Gasteiger partial charge >= 0.3 is 6.18 Å². The van der Waals surface area contributed by atoms with E-state index < -0.39 is 11.7 Å². The summed E-state index contributed by atoms with van der Waals surface area (Å²) >= 11 is 0. The monoisotopic (exact) mass is 403 g/mol. The number of ether oxygens (including phenoxy) is 1. The second-order valence-corrected chi connectivity index (χ2v) is 6.64. The minimum atomic E-state index is -4.41. The van der Waals surface area contributed by atoms with E-state index in [1.165, 1.54) is 12.1 Å². The van der Waals surface area contributed by atoms with Crippen LogP contribution in [0.1, 0.15) is 23.7 Å². The van der Waals surface area contributed by atoms with Crippen molar-refractivity contribution in [3.05, 3.63) is 59.9 Å². The van der Waals surface area contributed by atoms with Crippen LogP contribution in [0.2, 0.25) is 0 Å². The molecule has 0 bridgehead atoms. The lowest BCUT2D eigenvalue weighted by atomic mass is 10.1. The topological polar surface area (TPSA) is 68.5 Å². The molecule has 4 rings (SSSR count). The molecule has 0 saturated carbocycles. The third kappa shape index (κ3) is 3.80. The van der Waals surface area contributed by atoms with Crippen LogP contribution in [0.15, 0.2) is 53.1 Å². The Bertz CT molecular complexity index is 1030. The Hall–Kier alpha value is -3.36. The Morgan fingerprint density at radius 3 is 2.62 bits per heavy atom. The molecule has 1 aromatic heterocycles. The van der Waals surface area contributed by atoms with Crippen LogP contribution in [0, 0.1) is 0 Å². The van der Waals surface area contributed by atoms with E-state index in [-0.39, 0.29) is 24.1 Å². The SMILES string of the molecule is COc1cccc(N2CC(c3noc(-c4ccc(C(F)(F)F)cc4)n3)CC2=O)c1. The summed E-state index contributed by atoms with van der Waals surface area (Å²) < 4.78 is 48.5. The minimum absolute atomic E-state index is 0.0795. The summed E-state index contributed by atoms with van der Waals surface area (Å²) in [4.78, 5) is 18.4. The fourth-order valence-corrected chi connectivity index (χ4v) is 3.23. The maximum atomic E-state index is 12.7. The van der Waals surface area contributed by atoms with Gasteiger partial charge in [-0.2, -0.15) is 18.2 Å². The number of benzene rings is 2. The van der Waals surface area contributed by atoms with Gasteiger partial charge in [0.25, 0.3) is 5.89 Å². The fraction of sp³-hybridized carbons (Fsp3) is 0.250. The first-order chi connectivity index (χ1) is 13.8. The summed E-state index contributed by atoms with van der Waals surface area (Å²) in [7, 11) is 1.55. The average molecular weight is 403 g/mol. The van der Waals surface area contributed by atoms with Crippen LogP contribution in [0.3, 0.4) is 0 Å². The molecule has 1 amide bonds. The van der Waals surface area contributed by atoms with Gasteiger partial charge in [0.1, 0.15) is 5.75 Å². The highest BCUT2D eigenvalue weighted by Gasteiger charge is 2.35. The minimum Gasteiger partial charge on any atom is -0.497 e. The third-order valence-corrected chi connectivity index (χ3v) is 4.76. The number of carbonyl (C=O) groups is 1. The zero-order valence-electron chi connectivity index (χ0n) is 15.3. The van der Waals surface area contributed by atoms with E-state index in [2.05, 4.69) is 10.1 Å². The third-order valence-electron chi connectivity index (χ3n) is 4.76. The van der Waals surface area contributed by atoms with E-state index in [9.17, 15) is 18.0 Å². The molecule has 2 heterocycles. The summed E-state index contributed by atoms with van der Waals surface area (Å²) in [5, 5.41) is 3.93. The van der Waals surface area contributed by atoms with Crippen molar-refractivity contribution in [2.75, 3.05) is 18.6 Å². The summed E-state index contributed by atoms with van der Waals surface area (Å²) in [5.74, 6) is 0.743. The van der Waals surface area contributed by atoms with E-state index in [0.29, 0.717) is 29.4 Å². The highest BCUT2D eigenvalue weighted by molar-refractivity contribution is 5.96. The number of aromatic nitrogens is 2. The fourth-order valence-electron chi connectivity index (χ4n) is 3.23. The number of alkyl halides is 3. The molecule has 1 aliphatic heterocycles. The number of nitrogens with zero attached hydrogens (tertiary/aromatic N) is 3. The van der Waals surface area contributed by atoms with Gasteiger partial charge in [-0.3, -0.25) is 4.79 Å². The predicted molar refractivity (Wildman–Crippen MR) is 97.4 cm³/mol. The maximum Gasteiger partial charge on any atom is 0.416 e. The Kier molecular flexibility index (Phi) is 4.73. The Morgan fingerprint density at radius 1 is 1.17 bits per heavy atom. The van der Waals surface area contributed by atoms with Crippen molar-refractivity contribution in [1.82, 2.24) is 10.1 Å². The van der Waals surface area contributed by atoms with Gasteiger partial charge in [0, 0.05) is 36.2 Å². The van der Waals surface area contributed by atoms with E-state index in [1.807, 2.05) is 6.07 Å². The Morgan fingerprint density at radius 2 is 1.93 bits per heavy atom. The molecule has 6 nitrogen and oxygen atoms in total. The Labute approximate surface area is 163 Å². The van der Waals surface area contributed by atoms with Gasteiger partial charge in [0.05, 0.1) is 12.7 Å². The number of halogens is 3. The van der Waals surface area contributed by atoms with Crippen molar-refractivity contribution in [2.24, 2.45) is 0 Å². The molecule has 1 unspecified atom stereocenters. The summed E-state index contributed by atoms with van der Waals surface area (Å²) in [5.41, 5.74) is 0.338. The molecule has 0 N–H and O–H groups in total. The van der Waals surface area contributed by atoms with Crippen molar-refractivity contribution in [3.63, 3.8) is 0 Å². The van der Waals surface area contributed by atoms with Crippen LogP contribution in [0.4, 0.5) is 18.9 Å². The summed E-state index contributed by atoms with van der Waals surface area (Å²) in [6.45, 7) is 0.373. The number of hydrogen-bond acceptors (Lipinski definition) is 5. The lowest BCUT2D eigenvalue weighted by Gasteiger charge is -2.16. The van der Waals surface area contributed by atoms with Crippen LogP contribution in [0.25, 0.3) is 11.5 Å². The van der Waals surface area contributed by atoms with E-state index in [1.54, 1.807) is 30.2 Å². The number of carbonyl (C=O) groups excluding carboxylic acids is 1. The highest BCUT2D eigenvalue weighted by Crippen LogP contribution is 2.34. The molecule has 150 valence electrons. The molecule has 0 radical (unpaired) electrons. The largest absolute Gasteiger partial charge is 0.497 e. The molecule has 9 heteroatoms. The first-order valence-corrected chi connectivity index (χ1v) is 8.81. The molecule has 2 aromatic carbocycles. The average Bonchev–Trinajstić information content (AvgIpc) is 3.34. The van der Waals surface area contributed by atoms with Gasteiger partial charge in [0.2, 0.25) is 5.91 Å². The zero-order valence-corrected chi connectivity index (χ0v) is 15.3. The summed E-state index contributed by atoms with van der Waals surface area (Å²) in [6.07, 6.45) is -4.20. The van der Waals surface area contributed by atoms with Crippen molar-refractivity contribution in [3.8, 4) is 17.2 Å². The molecular weight excluding hydrogens is 387 g/mol. The van der Waals surface area contributed by atoms with E-state index in [4.69, 9.17) is 9.26 Å². The normalized spacial score (nSPS) is 17.0. The van der Waals surface area contributed by atoms with E-state index in [0.717, 1.165) is 12.1 Å². The van der Waals surface area contributed by atoms with Gasteiger partial charge in [-0.25, -0.2) is 0 Å². The lowest BCUT2D eigenvalue weighted by molar-refractivity contribution is -0.137. The van der Waals surface area contributed by atoms with Crippen LogP contribution < -0.4 is 9.64 Å². The lowest BCUT2D eigenvalue weighted by Crippen LogP contribution is -2.24. The molecule has 29 heavy (non-hydrogen) atoms. The maximum absolute atomic E-state index is 12.7. The van der Waals surface area contributed by atoms with Crippen molar-refractivity contribution in [2.45, 2.75) is 18.5 Å². The van der Waals surface area contributed by atoms with Crippen molar-refractivity contribution < 1.29 is 27.2 Å². The Balaban J connectivity index is 1.52. The number of methoxy groups -OCH3 is 1. The van der Waals surface area contributed by atoms with Crippen molar-refractivity contribution >= 4 is 11.6 Å². The smallest absolute Gasteiger partial charge is 0.416 e. The molecule has 1 aliphatic rings. The quantitative estimate of drug-likeness (QED) is 0.650. The van der Waals surface area contributed by atoms with Gasteiger partial charge in [-0.15, -0.1) is 0 Å². The molecule has 3 aromatic rings. The summed E-state index contributed by atoms with van der Waals surface area (Å²) in [6, 6.07) is 11.6. The molecule has 1 atom stereocenters. The first-order valence-electron chi connectivity index (χ1n) is 8.81. The number of anilines is 1. The highest BCUT2D eigenvalue weighted by atomic mass is 19.4. The second-order valence-electron chi connectivity index (χ2n) is 6.64.